The Morgan fingerprint density at radius 1 is 0.444 bits per heavy atom. The third-order valence-electron chi connectivity index (χ3n) is 8.89. The van der Waals surface area contributed by atoms with Crippen molar-refractivity contribution in [1.82, 2.24) is 31.9 Å². The Hall–Kier alpha value is -3.84. The van der Waals surface area contributed by atoms with E-state index in [1.54, 1.807) is 6.92 Å². The maximum atomic E-state index is 13.0. The second kappa shape index (κ2) is 33.7. The van der Waals surface area contributed by atoms with E-state index < -0.39 is 11.9 Å². The minimum atomic E-state index is -0.998. The van der Waals surface area contributed by atoms with Gasteiger partial charge in [0.25, 0.3) is 0 Å². The van der Waals surface area contributed by atoms with Crippen molar-refractivity contribution >= 4 is 47.0 Å². The number of hydrogen-bond donors (Lipinski definition) is 6. The molecule has 0 aromatic carbocycles. The van der Waals surface area contributed by atoms with Crippen LogP contribution in [-0.2, 0) is 38.4 Å². The summed E-state index contributed by atoms with van der Waals surface area (Å²) in [6.45, 7) is 9.09. The minimum absolute atomic E-state index is 0.00658. The lowest BCUT2D eigenvalue weighted by atomic mass is 10.0. The van der Waals surface area contributed by atoms with Gasteiger partial charge in [0.15, 0.2) is 0 Å². The molecule has 0 aromatic heterocycles. The molecule has 6 N–H and O–H groups in total. The van der Waals surface area contributed by atoms with Gasteiger partial charge < -0.3 is 36.7 Å². The van der Waals surface area contributed by atoms with Gasteiger partial charge in [0.05, 0.1) is 6.54 Å². The van der Waals surface area contributed by atoms with Gasteiger partial charge in [-0.1, -0.05) is 52.9 Å². The molecule has 0 aliphatic rings. The van der Waals surface area contributed by atoms with Gasteiger partial charge >= 0.3 is 0 Å². The van der Waals surface area contributed by atoms with Crippen LogP contribution in [0.1, 0.15) is 163 Å². The van der Waals surface area contributed by atoms with Crippen LogP contribution in [0.5, 0.6) is 0 Å². The highest BCUT2D eigenvalue weighted by molar-refractivity contribution is 5.91. The van der Waals surface area contributed by atoms with E-state index in [1.165, 1.54) is 0 Å². The molecule has 14 heteroatoms. The molecule has 310 valence electrons. The van der Waals surface area contributed by atoms with Crippen molar-refractivity contribution in [2.75, 3.05) is 32.7 Å². The number of hydrogen-bond acceptors (Lipinski definition) is 8. The summed E-state index contributed by atoms with van der Waals surface area (Å²) in [5.74, 6) is -1.08. The first-order valence-electron chi connectivity index (χ1n) is 20.5. The van der Waals surface area contributed by atoms with E-state index in [0.717, 1.165) is 64.2 Å². The Bertz CT molecular complexity index is 1130. The maximum Gasteiger partial charge on any atom is 0.243 e. The predicted octanol–water partition coefficient (Wildman–Crippen LogP) is 4.08. The van der Waals surface area contributed by atoms with E-state index in [1.807, 2.05) is 20.8 Å². The van der Waals surface area contributed by atoms with E-state index in [4.69, 9.17) is 0 Å². The normalized spacial score (nSPS) is 11.4. The van der Waals surface area contributed by atoms with Crippen molar-refractivity contribution in [2.45, 2.75) is 169 Å². The van der Waals surface area contributed by atoms with Gasteiger partial charge in [0.1, 0.15) is 17.6 Å². The number of ketones is 2. The molecule has 6 amide bonds. The molecular formula is C40H72N6O8. The Morgan fingerprint density at radius 2 is 0.870 bits per heavy atom. The first-order chi connectivity index (χ1) is 25.8. The molecule has 14 nitrogen and oxygen atoms in total. The number of carbonyl (C=O) groups is 8. The number of Topliss-reactive ketones (excluding diaryl/α,β-unsaturated/α-hetero) is 2. The van der Waals surface area contributed by atoms with Crippen molar-refractivity contribution in [1.29, 1.82) is 0 Å². The summed E-state index contributed by atoms with van der Waals surface area (Å²) < 4.78 is 0. The number of carbonyl (C=O) groups excluding carboxylic acids is 8. The Labute approximate surface area is 324 Å². The van der Waals surface area contributed by atoms with Crippen LogP contribution in [0.15, 0.2) is 0 Å². The highest BCUT2D eigenvalue weighted by atomic mass is 16.2. The molecule has 0 saturated heterocycles. The SMILES string of the molecule is CCCCC(=O)NCCCCCC(=O)NCCCCCC(=O)NC(CCC(=O)NCCCCCC(C)=O)C(=O)NCC(=O)NCCCCCC(=O)C(C)C. The summed E-state index contributed by atoms with van der Waals surface area (Å²) in [6.07, 6.45) is 13.1. The Morgan fingerprint density at radius 3 is 1.35 bits per heavy atom. The molecule has 0 spiro atoms. The number of unbranched alkanes of at least 4 members (excludes halogenated alkanes) is 9. The highest BCUT2D eigenvalue weighted by Crippen LogP contribution is 2.07. The molecule has 0 rings (SSSR count). The Balaban J connectivity index is 4.54. The van der Waals surface area contributed by atoms with Crippen molar-refractivity contribution in [3.05, 3.63) is 0 Å². The highest BCUT2D eigenvalue weighted by Gasteiger charge is 2.22. The van der Waals surface area contributed by atoms with Crippen LogP contribution >= 0.6 is 0 Å². The van der Waals surface area contributed by atoms with Crippen LogP contribution in [-0.4, -0.2) is 85.8 Å². The smallest absolute Gasteiger partial charge is 0.243 e. The van der Waals surface area contributed by atoms with E-state index >= 15 is 0 Å². The van der Waals surface area contributed by atoms with Gasteiger partial charge in [-0.05, 0) is 71.1 Å². The van der Waals surface area contributed by atoms with Gasteiger partial charge in [-0.25, -0.2) is 0 Å². The second-order valence-corrected chi connectivity index (χ2v) is 14.4. The quantitative estimate of drug-likeness (QED) is 0.0517. The minimum Gasteiger partial charge on any atom is -0.356 e. The lowest BCUT2D eigenvalue weighted by molar-refractivity contribution is -0.131. The molecule has 1 unspecified atom stereocenters. The first-order valence-corrected chi connectivity index (χ1v) is 20.5. The molecule has 0 fully saturated rings. The molecular weight excluding hydrogens is 692 g/mol. The molecule has 0 aliphatic heterocycles. The van der Waals surface area contributed by atoms with Gasteiger partial charge in [0.2, 0.25) is 35.4 Å². The molecule has 1 atom stereocenters. The van der Waals surface area contributed by atoms with Crippen LogP contribution in [0.2, 0.25) is 0 Å². The summed E-state index contributed by atoms with van der Waals surface area (Å²) >= 11 is 0. The third-order valence-corrected chi connectivity index (χ3v) is 8.89. The summed E-state index contributed by atoms with van der Waals surface area (Å²) in [4.78, 5) is 97.2. The molecule has 0 radical (unpaired) electrons. The summed E-state index contributed by atoms with van der Waals surface area (Å²) in [5.41, 5.74) is 0. The standard InChI is InChI=1S/C40H72N6O8/c1-5-6-21-35(49)41-26-17-9-13-22-36(50)42-27-18-10-14-23-38(52)46-33(24-25-37(51)43-28-15-7-11-19-32(4)47)40(54)45-30-39(53)44-29-16-8-12-20-34(48)31(2)3/h31,33H,5-30H2,1-4H3,(H,41,49)(H,42,50)(H,43,51)(H,44,53)(H,45,54)(H,46,52). The maximum absolute atomic E-state index is 13.0. The number of rotatable bonds is 35. The fraction of sp³-hybridized carbons (Fsp3) is 0.800. The monoisotopic (exact) mass is 765 g/mol. The Kier molecular flexibility index (Phi) is 31.3. The molecule has 0 aliphatic carbocycles. The fourth-order valence-corrected chi connectivity index (χ4v) is 5.42. The fourth-order valence-electron chi connectivity index (χ4n) is 5.42. The van der Waals surface area contributed by atoms with Crippen LogP contribution in [0, 0.1) is 5.92 Å². The van der Waals surface area contributed by atoms with Crippen molar-refractivity contribution < 1.29 is 38.4 Å². The van der Waals surface area contributed by atoms with Crippen molar-refractivity contribution in [2.24, 2.45) is 5.92 Å². The lowest BCUT2D eigenvalue weighted by Crippen LogP contribution is -2.49. The molecule has 54 heavy (non-hydrogen) atoms. The van der Waals surface area contributed by atoms with E-state index in [0.29, 0.717) is 77.5 Å². The van der Waals surface area contributed by atoms with Gasteiger partial charge in [-0.15, -0.1) is 0 Å². The summed E-state index contributed by atoms with van der Waals surface area (Å²) in [5, 5.41) is 16.7. The van der Waals surface area contributed by atoms with E-state index in [-0.39, 0.29) is 72.8 Å². The molecule has 0 aromatic rings. The van der Waals surface area contributed by atoms with Crippen molar-refractivity contribution in [3.8, 4) is 0 Å². The van der Waals surface area contributed by atoms with Crippen LogP contribution < -0.4 is 31.9 Å². The van der Waals surface area contributed by atoms with E-state index in [2.05, 4.69) is 31.9 Å². The number of nitrogens with one attached hydrogen (secondary N) is 6. The average Bonchev–Trinajstić information content (AvgIpc) is 3.13. The molecule has 0 saturated carbocycles. The van der Waals surface area contributed by atoms with E-state index in [9.17, 15) is 38.4 Å². The van der Waals surface area contributed by atoms with Gasteiger partial charge in [-0.3, -0.25) is 33.6 Å². The van der Waals surface area contributed by atoms with Gasteiger partial charge in [-0.2, -0.15) is 0 Å². The zero-order valence-electron chi connectivity index (χ0n) is 33.8. The zero-order valence-corrected chi connectivity index (χ0v) is 33.8. The second-order valence-electron chi connectivity index (χ2n) is 14.4. The number of amides is 6. The molecule has 0 heterocycles. The van der Waals surface area contributed by atoms with Crippen molar-refractivity contribution in [3.63, 3.8) is 0 Å². The summed E-state index contributed by atoms with van der Waals surface area (Å²) in [6, 6.07) is -0.998. The van der Waals surface area contributed by atoms with Crippen LogP contribution in [0.4, 0.5) is 0 Å². The van der Waals surface area contributed by atoms with Gasteiger partial charge in [0, 0.05) is 70.6 Å². The molecule has 0 bridgehead atoms. The van der Waals surface area contributed by atoms with Crippen LogP contribution in [0.25, 0.3) is 0 Å². The topological polar surface area (TPSA) is 209 Å². The zero-order chi connectivity index (χ0) is 40.4. The largest absolute Gasteiger partial charge is 0.356 e. The summed E-state index contributed by atoms with van der Waals surface area (Å²) in [7, 11) is 0. The third kappa shape index (κ3) is 31.7. The predicted molar refractivity (Wildman–Crippen MR) is 210 cm³/mol. The van der Waals surface area contributed by atoms with Crippen LogP contribution in [0.3, 0.4) is 0 Å². The lowest BCUT2D eigenvalue weighted by Gasteiger charge is -2.18. The first kappa shape index (κ1) is 50.2. The average molecular weight is 765 g/mol.